The van der Waals surface area contributed by atoms with Crippen molar-refractivity contribution in [3.63, 3.8) is 0 Å². The highest BCUT2D eigenvalue weighted by Crippen LogP contribution is 2.24. The summed E-state index contributed by atoms with van der Waals surface area (Å²) in [7, 11) is 0. The molecule has 0 saturated carbocycles. The van der Waals surface area contributed by atoms with Gasteiger partial charge in [0.15, 0.2) is 6.10 Å². The van der Waals surface area contributed by atoms with E-state index in [1.807, 2.05) is 12.2 Å². The average molecular weight is 149 g/mol. The number of oxime groups is 1. The van der Waals surface area contributed by atoms with Gasteiger partial charge in [-0.05, 0) is 6.08 Å². The van der Waals surface area contributed by atoms with Gasteiger partial charge in [-0.15, -0.1) is 0 Å². The third-order valence-electron chi connectivity index (χ3n) is 1.87. The van der Waals surface area contributed by atoms with Gasteiger partial charge in [-0.1, -0.05) is 17.3 Å². The Hall–Kier alpha value is -1.38. The highest BCUT2D eigenvalue weighted by Gasteiger charge is 2.28. The first kappa shape index (κ1) is 6.34. The molecule has 3 nitrogen and oxygen atoms in total. The maximum atomic E-state index is 10.5. The lowest BCUT2D eigenvalue weighted by atomic mass is 9.91. The highest BCUT2D eigenvalue weighted by atomic mass is 16.6. The molecule has 0 N–H and O–H groups in total. The number of hydrogen-bond donors (Lipinski definition) is 0. The second kappa shape index (κ2) is 2.34. The first-order chi connectivity index (χ1) is 5.42. The smallest absolute Gasteiger partial charge is 0.158 e. The van der Waals surface area contributed by atoms with E-state index in [-0.39, 0.29) is 12.0 Å². The summed E-state index contributed by atoms with van der Waals surface area (Å²) in [6, 6.07) is 0. The monoisotopic (exact) mass is 149 g/mol. The van der Waals surface area contributed by atoms with Gasteiger partial charge in [0.2, 0.25) is 0 Å². The van der Waals surface area contributed by atoms with Crippen molar-refractivity contribution in [2.24, 2.45) is 11.1 Å². The van der Waals surface area contributed by atoms with E-state index in [1.54, 1.807) is 12.3 Å². The Morgan fingerprint density at radius 1 is 1.64 bits per heavy atom. The SMILES string of the molecule is O=CC1=CC=CC2ON=CC12. The summed E-state index contributed by atoms with van der Waals surface area (Å²) in [5.41, 5.74) is 0.735. The largest absolute Gasteiger partial charge is 0.388 e. The van der Waals surface area contributed by atoms with Crippen molar-refractivity contribution < 1.29 is 9.63 Å². The van der Waals surface area contributed by atoms with E-state index in [0.29, 0.717) is 0 Å². The standard InChI is InChI=1S/C8H7NO2/c10-5-6-2-1-3-8-7(6)4-9-11-8/h1-5,7-8H. The van der Waals surface area contributed by atoms with Gasteiger partial charge in [-0.2, -0.15) is 0 Å². The molecular formula is C8H7NO2. The van der Waals surface area contributed by atoms with Crippen LogP contribution in [0.4, 0.5) is 0 Å². The Morgan fingerprint density at radius 2 is 2.55 bits per heavy atom. The fourth-order valence-electron chi connectivity index (χ4n) is 1.26. The zero-order valence-corrected chi connectivity index (χ0v) is 5.81. The average Bonchev–Trinajstić information content (AvgIpc) is 2.50. The van der Waals surface area contributed by atoms with Crippen molar-refractivity contribution in [3.8, 4) is 0 Å². The van der Waals surface area contributed by atoms with E-state index in [0.717, 1.165) is 11.9 Å². The van der Waals surface area contributed by atoms with Crippen molar-refractivity contribution in [2.45, 2.75) is 6.10 Å². The van der Waals surface area contributed by atoms with E-state index in [4.69, 9.17) is 4.84 Å². The molecule has 1 heterocycles. The molecule has 56 valence electrons. The minimum Gasteiger partial charge on any atom is -0.388 e. The molecule has 2 unspecified atom stereocenters. The second-order valence-corrected chi connectivity index (χ2v) is 2.52. The van der Waals surface area contributed by atoms with Gasteiger partial charge in [0.25, 0.3) is 0 Å². The van der Waals surface area contributed by atoms with Crippen LogP contribution < -0.4 is 0 Å². The van der Waals surface area contributed by atoms with Gasteiger partial charge in [0, 0.05) is 5.57 Å². The van der Waals surface area contributed by atoms with Gasteiger partial charge >= 0.3 is 0 Å². The Bertz CT molecular complexity index is 265. The minimum absolute atomic E-state index is 0.0394. The third kappa shape index (κ3) is 0.888. The number of hydrogen-bond acceptors (Lipinski definition) is 3. The summed E-state index contributed by atoms with van der Waals surface area (Å²) in [6.07, 6.45) is 7.95. The molecule has 1 aliphatic heterocycles. The van der Waals surface area contributed by atoms with E-state index in [9.17, 15) is 4.79 Å². The van der Waals surface area contributed by atoms with Gasteiger partial charge < -0.3 is 4.84 Å². The lowest BCUT2D eigenvalue weighted by Crippen LogP contribution is -2.20. The van der Waals surface area contributed by atoms with Crippen LogP contribution in [0.1, 0.15) is 0 Å². The number of rotatable bonds is 1. The number of allylic oxidation sites excluding steroid dienone is 2. The van der Waals surface area contributed by atoms with E-state index >= 15 is 0 Å². The summed E-state index contributed by atoms with van der Waals surface area (Å²) < 4.78 is 0. The van der Waals surface area contributed by atoms with Crippen molar-refractivity contribution in [1.29, 1.82) is 0 Å². The number of carbonyl (C=O) groups is 1. The van der Waals surface area contributed by atoms with Crippen LogP contribution in [0.3, 0.4) is 0 Å². The molecule has 1 aliphatic carbocycles. The number of carbonyl (C=O) groups excluding carboxylic acids is 1. The summed E-state index contributed by atoms with van der Waals surface area (Å²) in [6.45, 7) is 0. The number of nitrogens with zero attached hydrogens (tertiary/aromatic N) is 1. The summed E-state index contributed by atoms with van der Waals surface area (Å²) in [5.74, 6) is 0.0394. The molecule has 0 radical (unpaired) electrons. The van der Waals surface area contributed by atoms with Crippen LogP contribution in [-0.2, 0) is 9.63 Å². The summed E-state index contributed by atoms with van der Waals surface area (Å²) in [5, 5.41) is 3.65. The maximum Gasteiger partial charge on any atom is 0.158 e. The first-order valence-electron chi connectivity index (χ1n) is 3.44. The van der Waals surface area contributed by atoms with Gasteiger partial charge in [-0.3, -0.25) is 4.79 Å². The molecule has 0 aromatic heterocycles. The van der Waals surface area contributed by atoms with Crippen molar-refractivity contribution in [2.75, 3.05) is 0 Å². The lowest BCUT2D eigenvalue weighted by Gasteiger charge is -2.14. The first-order valence-corrected chi connectivity index (χ1v) is 3.44. The summed E-state index contributed by atoms with van der Waals surface area (Å²) in [4.78, 5) is 15.5. The van der Waals surface area contributed by atoms with E-state index < -0.39 is 0 Å². The van der Waals surface area contributed by atoms with Crippen LogP contribution in [0, 0.1) is 5.92 Å². The van der Waals surface area contributed by atoms with E-state index in [1.165, 1.54) is 0 Å². The van der Waals surface area contributed by atoms with Gasteiger partial charge in [0.05, 0.1) is 12.1 Å². The molecule has 0 bridgehead atoms. The molecular weight excluding hydrogens is 142 g/mol. The van der Waals surface area contributed by atoms with Crippen LogP contribution in [0.2, 0.25) is 0 Å². The van der Waals surface area contributed by atoms with Crippen molar-refractivity contribution >= 4 is 12.5 Å². The Kier molecular flexibility index (Phi) is 1.35. The number of aldehydes is 1. The zero-order valence-electron chi connectivity index (χ0n) is 5.81. The molecule has 2 atom stereocenters. The normalized spacial score (nSPS) is 32.5. The van der Waals surface area contributed by atoms with E-state index in [2.05, 4.69) is 5.16 Å². The molecule has 0 aromatic carbocycles. The molecule has 11 heavy (non-hydrogen) atoms. The summed E-state index contributed by atoms with van der Waals surface area (Å²) >= 11 is 0. The molecule has 0 aromatic rings. The number of fused-ring (bicyclic) bond motifs is 1. The highest BCUT2D eigenvalue weighted by molar-refractivity contribution is 5.85. The predicted molar refractivity (Wildman–Crippen MR) is 40.1 cm³/mol. The van der Waals surface area contributed by atoms with Crippen LogP contribution >= 0.6 is 0 Å². The van der Waals surface area contributed by atoms with Crippen LogP contribution in [0.25, 0.3) is 0 Å². The minimum atomic E-state index is -0.0554. The topological polar surface area (TPSA) is 38.7 Å². The van der Waals surface area contributed by atoms with Crippen LogP contribution in [0.5, 0.6) is 0 Å². The molecule has 0 amide bonds. The van der Waals surface area contributed by atoms with Gasteiger partial charge in [0.1, 0.15) is 6.29 Å². The Balaban J connectivity index is 2.32. The van der Waals surface area contributed by atoms with Crippen LogP contribution in [0.15, 0.2) is 29.0 Å². The molecule has 0 spiro atoms. The quantitative estimate of drug-likeness (QED) is 0.514. The predicted octanol–water partition coefficient (Wildman–Crippen LogP) is 0.682. The lowest BCUT2D eigenvalue weighted by molar-refractivity contribution is -0.105. The molecule has 0 fully saturated rings. The molecule has 0 saturated heterocycles. The maximum absolute atomic E-state index is 10.5. The Labute approximate surface area is 64.0 Å². The third-order valence-corrected chi connectivity index (χ3v) is 1.87. The Morgan fingerprint density at radius 3 is 3.36 bits per heavy atom. The fourth-order valence-corrected chi connectivity index (χ4v) is 1.26. The van der Waals surface area contributed by atoms with Crippen LogP contribution in [-0.4, -0.2) is 18.6 Å². The zero-order chi connectivity index (χ0) is 7.68. The molecule has 3 heteroatoms. The van der Waals surface area contributed by atoms with Crippen molar-refractivity contribution in [1.82, 2.24) is 0 Å². The second-order valence-electron chi connectivity index (χ2n) is 2.52. The van der Waals surface area contributed by atoms with Crippen molar-refractivity contribution in [3.05, 3.63) is 23.8 Å². The molecule has 2 aliphatic rings. The van der Waals surface area contributed by atoms with Gasteiger partial charge in [-0.25, -0.2) is 0 Å². The fraction of sp³-hybridized carbons (Fsp3) is 0.250. The molecule has 2 rings (SSSR count).